The van der Waals surface area contributed by atoms with Crippen molar-refractivity contribution in [2.75, 3.05) is 5.75 Å². The summed E-state index contributed by atoms with van der Waals surface area (Å²) >= 11 is 6.34. The van der Waals surface area contributed by atoms with E-state index in [0.29, 0.717) is 0 Å². The first-order valence-corrected chi connectivity index (χ1v) is 8.40. The molecule has 0 aromatic carbocycles. The van der Waals surface area contributed by atoms with Gasteiger partial charge >= 0.3 is 0 Å². The van der Waals surface area contributed by atoms with Crippen molar-refractivity contribution in [3.63, 3.8) is 0 Å². The van der Waals surface area contributed by atoms with Crippen LogP contribution >= 0.6 is 11.6 Å². The van der Waals surface area contributed by atoms with E-state index in [0.717, 1.165) is 25.7 Å². The van der Waals surface area contributed by atoms with E-state index < -0.39 is 14.5 Å². The predicted octanol–water partition coefficient (Wildman–Crippen LogP) is 3.04. The molecule has 3 aliphatic rings. The van der Waals surface area contributed by atoms with Crippen molar-refractivity contribution in [2.45, 2.75) is 36.8 Å². The Balaban J connectivity index is 2.21. The molecule has 3 rings (SSSR count). The van der Waals surface area contributed by atoms with Crippen molar-refractivity contribution in [1.29, 1.82) is 0 Å². The second-order valence-corrected chi connectivity index (χ2v) is 8.38. The van der Waals surface area contributed by atoms with Gasteiger partial charge in [0.05, 0.1) is 5.75 Å². The van der Waals surface area contributed by atoms with E-state index in [9.17, 15) is 8.42 Å². The SMILES string of the molecule is O=S1(=O)C[C@]23C=CC=C[C@]2(CCCCC3)[C@@H]1Cl. The first-order chi connectivity index (χ1) is 8.03. The van der Waals surface area contributed by atoms with Crippen LogP contribution in [0, 0.1) is 10.8 Å². The van der Waals surface area contributed by atoms with Crippen molar-refractivity contribution in [3.8, 4) is 0 Å². The average Bonchev–Trinajstić information content (AvgIpc) is 2.43. The van der Waals surface area contributed by atoms with Gasteiger partial charge in [-0.05, 0) is 12.8 Å². The van der Waals surface area contributed by atoms with Gasteiger partial charge in [0.25, 0.3) is 0 Å². The molecule has 1 aliphatic heterocycles. The van der Waals surface area contributed by atoms with E-state index in [4.69, 9.17) is 11.6 Å². The van der Waals surface area contributed by atoms with Gasteiger partial charge in [0.1, 0.15) is 4.71 Å². The van der Waals surface area contributed by atoms with Crippen LogP contribution in [-0.2, 0) is 9.84 Å². The van der Waals surface area contributed by atoms with Gasteiger partial charge in [-0.3, -0.25) is 0 Å². The molecule has 17 heavy (non-hydrogen) atoms. The summed E-state index contributed by atoms with van der Waals surface area (Å²) in [6, 6.07) is 0. The van der Waals surface area contributed by atoms with Crippen molar-refractivity contribution < 1.29 is 8.42 Å². The van der Waals surface area contributed by atoms with Gasteiger partial charge in [-0.1, -0.05) is 43.6 Å². The van der Waals surface area contributed by atoms with Crippen LogP contribution in [-0.4, -0.2) is 18.9 Å². The Bertz CT molecular complexity index is 494. The largest absolute Gasteiger partial charge is 0.227 e. The van der Waals surface area contributed by atoms with Crippen LogP contribution in [0.25, 0.3) is 0 Å². The van der Waals surface area contributed by atoms with Gasteiger partial charge in [0.15, 0.2) is 9.84 Å². The van der Waals surface area contributed by atoms with Gasteiger partial charge in [-0.2, -0.15) is 0 Å². The van der Waals surface area contributed by atoms with Crippen LogP contribution in [0.4, 0.5) is 0 Å². The Kier molecular flexibility index (Phi) is 2.50. The normalized spacial score (nSPS) is 47.2. The highest BCUT2D eigenvalue weighted by atomic mass is 35.5. The Labute approximate surface area is 108 Å². The molecule has 1 saturated carbocycles. The highest BCUT2D eigenvalue weighted by Gasteiger charge is 2.64. The molecule has 4 heteroatoms. The van der Waals surface area contributed by atoms with Crippen LogP contribution < -0.4 is 0 Å². The molecule has 1 heterocycles. The standard InChI is InChI=1S/C13H17ClO2S/c14-11-13-8-3-1-2-6-12(13,7-4-5-9-13)10-17(11,15)16/h4-5,7,9,11H,1-3,6,8,10H2/t11-,12+,13-/m1/s1. The third-order valence-electron chi connectivity index (χ3n) is 4.74. The van der Waals surface area contributed by atoms with Crippen LogP contribution in [0.2, 0.25) is 0 Å². The van der Waals surface area contributed by atoms with Gasteiger partial charge in [0, 0.05) is 10.8 Å². The molecular weight excluding hydrogens is 256 g/mol. The van der Waals surface area contributed by atoms with E-state index in [2.05, 4.69) is 12.2 Å². The molecule has 2 fully saturated rings. The lowest BCUT2D eigenvalue weighted by Gasteiger charge is -2.43. The summed E-state index contributed by atoms with van der Waals surface area (Å²) in [4.78, 5) is 0. The Morgan fingerprint density at radius 3 is 2.59 bits per heavy atom. The zero-order valence-electron chi connectivity index (χ0n) is 9.73. The molecule has 0 amide bonds. The summed E-state index contributed by atoms with van der Waals surface area (Å²) in [7, 11) is -3.16. The minimum absolute atomic E-state index is 0.231. The number of rotatable bonds is 0. The number of hydrogen-bond acceptors (Lipinski definition) is 2. The smallest absolute Gasteiger partial charge is 0.168 e. The van der Waals surface area contributed by atoms with Crippen molar-refractivity contribution in [3.05, 3.63) is 24.3 Å². The summed E-state index contributed by atoms with van der Waals surface area (Å²) < 4.78 is 23.7. The van der Waals surface area contributed by atoms with Crippen LogP contribution in [0.5, 0.6) is 0 Å². The lowest BCUT2D eigenvalue weighted by Crippen LogP contribution is -2.41. The van der Waals surface area contributed by atoms with Crippen LogP contribution in [0.3, 0.4) is 0 Å². The number of alkyl halides is 1. The van der Waals surface area contributed by atoms with E-state index in [1.807, 2.05) is 12.2 Å². The molecule has 0 bridgehead atoms. The predicted molar refractivity (Wildman–Crippen MR) is 69.7 cm³/mol. The summed E-state index contributed by atoms with van der Waals surface area (Å²) in [6.07, 6.45) is 13.4. The lowest BCUT2D eigenvalue weighted by molar-refractivity contribution is 0.181. The van der Waals surface area contributed by atoms with Crippen LogP contribution in [0.1, 0.15) is 32.1 Å². The molecule has 0 unspecified atom stereocenters. The average molecular weight is 273 g/mol. The highest BCUT2D eigenvalue weighted by molar-refractivity contribution is 7.93. The molecular formula is C13H17ClO2S. The van der Waals surface area contributed by atoms with E-state index >= 15 is 0 Å². The molecule has 0 spiro atoms. The zero-order chi connectivity index (χ0) is 12.1. The Morgan fingerprint density at radius 1 is 1.06 bits per heavy atom. The second kappa shape index (κ2) is 3.61. The van der Waals surface area contributed by atoms with Gasteiger partial charge < -0.3 is 0 Å². The number of sulfone groups is 1. The maximum absolute atomic E-state index is 12.2. The topological polar surface area (TPSA) is 34.1 Å². The Morgan fingerprint density at radius 2 is 1.76 bits per heavy atom. The zero-order valence-corrected chi connectivity index (χ0v) is 11.3. The first-order valence-electron chi connectivity index (χ1n) is 6.25. The minimum Gasteiger partial charge on any atom is -0.227 e. The van der Waals surface area contributed by atoms with Crippen molar-refractivity contribution in [1.82, 2.24) is 0 Å². The molecule has 0 N–H and O–H groups in total. The molecule has 94 valence electrons. The quantitative estimate of drug-likeness (QED) is 0.635. The summed E-state index contributed by atoms with van der Waals surface area (Å²) in [5.41, 5.74) is -0.581. The molecule has 2 aliphatic carbocycles. The second-order valence-electron chi connectivity index (χ2n) is 5.60. The van der Waals surface area contributed by atoms with Crippen molar-refractivity contribution in [2.24, 2.45) is 10.8 Å². The van der Waals surface area contributed by atoms with Crippen LogP contribution in [0.15, 0.2) is 24.3 Å². The molecule has 1 saturated heterocycles. The van der Waals surface area contributed by atoms with Gasteiger partial charge in [-0.15, -0.1) is 11.6 Å². The molecule has 2 nitrogen and oxygen atoms in total. The number of halogens is 1. The fourth-order valence-electron chi connectivity index (χ4n) is 3.89. The molecule has 0 aromatic rings. The Hall–Kier alpha value is -0.280. The first kappa shape index (κ1) is 11.8. The molecule has 0 aromatic heterocycles. The lowest BCUT2D eigenvalue weighted by atomic mass is 9.60. The van der Waals surface area contributed by atoms with Gasteiger partial charge in [-0.25, -0.2) is 8.42 Å². The van der Waals surface area contributed by atoms with E-state index in [-0.39, 0.29) is 16.6 Å². The highest BCUT2D eigenvalue weighted by Crippen LogP contribution is 2.62. The third-order valence-corrected chi connectivity index (χ3v) is 7.91. The minimum atomic E-state index is -3.16. The maximum atomic E-state index is 12.2. The monoisotopic (exact) mass is 272 g/mol. The van der Waals surface area contributed by atoms with E-state index in [1.54, 1.807) is 0 Å². The van der Waals surface area contributed by atoms with Crippen molar-refractivity contribution >= 4 is 21.4 Å². The fraction of sp³-hybridized carbons (Fsp3) is 0.692. The summed E-state index contributed by atoms with van der Waals surface area (Å²) in [5, 5.41) is 0. The molecule has 3 atom stereocenters. The van der Waals surface area contributed by atoms with E-state index in [1.165, 1.54) is 6.42 Å². The number of allylic oxidation sites excluding steroid dienone is 4. The third kappa shape index (κ3) is 1.42. The molecule has 0 radical (unpaired) electrons. The number of hydrogen-bond donors (Lipinski definition) is 0. The summed E-state index contributed by atoms with van der Waals surface area (Å²) in [6.45, 7) is 0. The summed E-state index contributed by atoms with van der Waals surface area (Å²) in [5.74, 6) is 0.231. The fourth-order valence-corrected chi connectivity index (χ4v) is 6.93. The van der Waals surface area contributed by atoms with Gasteiger partial charge in [0.2, 0.25) is 0 Å². The maximum Gasteiger partial charge on any atom is 0.168 e.